The van der Waals surface area contributed by atoms with E-state index >= 15 is 0 Å². The lowest BCUT2D eigenvalue weighted by atomic mass is 10.2. The summed E-state index contributed by atoms with van der Waals surface area (Å²) in [5, 5.41) is 21.4. The summed E-state index contributed by atoms with van der Waals surface area (Å²) in [4.78, 5) is 1.17. The number of nitrogens with zero attached hydrogens (tertiary/aromatic N) is 2. The molecule has 0 fully saturated rings. The Hall–Kier alpha value is -2.58. The van der Waals surface area contributed by atoms with Gasteiger partial charge in [-0.2, -0.15) is 10.4 Å². The first-order chi connectivity index (χ1) is 9.86. The molecule has 0 amide bonds. The van der Waals surface area contributed by atoms with Crippen molar-refractivity contribution in [3.63, 3.8) is 0 Å². The monoisotopic (exact) mass is 280 g/mol. The van der Waals surface area contributed by atoms with Crippen LogP contribution in [0.2, 0.25) is 0 Å². The number of thiophene rings is 1. The van der Waals surface area contributed by atoms with Gasteiger partial charge in [-0.05, 0) is 29.6 Å². The van der Waals surface area contributed by atoms with Crippen molar-refractivity contribution in [1.82, 2.24) is 10.2 Å². The van der Waals surface area contributed by atoms with E-state index in [1.54, 1.807) is 17.4 Å². The van der Waals surface area contributed by atoms with E-state index in [9.17, 15) is 0 Å². The predicted molar refractivity (Wildman–Crippen MR) is 80.4 cm³/mol. The Morgan fingerprint density at radius 2 is 2.25 bits per heavy atom. The number of aromatic amines is 1. The minimum absolute atomic E-state index is 0.653. The van der Waals surface area contributed by atoms with E-state index in [4.69, 9.17) is 5.26 Å². The topological polar surface area (TPSA) is 64.5 Å². The third-order valence-electron chi connectivity index (χ3n) is 2.96. The highest BCUT2D eigenvalue weighted by Gasteiger charge is 2.08. The van der Waals surface area contributed by atoms with Crippen LogP contribution in [0, 0.1) is 11.3 Å². The van der Waals surface area contributed by atoms with Gasteiger partial charge in [-0.1, -0.05) is 12.1 Å². The molecule has 0 saturated carbocycles. The van der Waals surface area contributed by atoms with Crippen molar-refractivity contribution in [1.29, 1.82) is 5.26 Å². The van der Waals surface area contributed by atoms with Crippen LogP contribution in [-0.2, 0) is 6.54 Å². The maximum Gasteiger partial charge on any atom is 0.0992 e. The largest absolute Gasteiger partial charge is 0.381 e. The molecule has 2 N–H and O–H groups in total. The number of hydrogen-bond acceptors (Lipinski definition) is 4. The highest BCUT2D eigenvalue weighted by Crippen LogP contribution is 2.26. The molecule has 20 heavy (non-hydrogen) atoms. The van der Waals surface area contributed by atoms with Crippen molar-refractivity contribution in [3.8, 4) is 16.6 Å². The summed E-state index contributed by atoms with van der Waals surface area (Å²) in [7, 11) is 0. The number of rotatable bonds is 4. The van der Waals surface area contributed by atoms with Gasteiger partial charge in [0.25, 0.3) is 0 Å². The highest BCUT2D eigenvalue weighted by molar-refractivity contribution is 7.13. The molecular weight excluding hydrogens is 268 g/mol. The minimum atomic E-state index is 0.653. The molecule has 0 aliphatic carbocycles. The first-order valence-corrected chi connectivity index (χ1v) is 7.05. The Balaban J connectivity index is 1.76. The summed E-state index contributed by atoms with van der Waals surface area (Å²) in [6, 6.07) is 13.7. The third-order valence-corrected chi connectivity index (χ3v) is 3.85. The second-order valence-corrected chi connectivity index (χ2v) is 5.24. The van der Waals surface area contributed by atoms with Crippen molar-refractivity contribution in [3.05, 3.63) is 59.1 Å². The number of hydrogen-bond donors (Lipinski definition) is 2. The fourth-order valence-electron chi connectivity index (χ4n) is 1.98. The van der Waals surface area contributed by atoms with Gasteiger partial charge in [-0.25, -0.2) is 0 Å². The van der Waals surface area contributed by atoms with E-state index in [0.29, 0.717) is 12.1 Å². The van der Waals surface area contributed by atoms with Gasteiger partial charge in [0.1, 0.15) is 0 Å². The Labute approximate surface area is 120 Å². The van der Waals surface area contributed by atoms with Crippen LogP contribution in [0.4, 0.5) is 5.69 Å². The smallest absolute Gasteiger partial charge is 0.0992 e. The van der Waals surface area contributed by atoms with Gasteiger partial charge in [-0.3, -0.25) is 5.10 Å². The summed E-state index contributed by atoms with van der Waals surface area (Å²) in [6.07, 6.45) is 1.83. The molecule has 2 heterocycles. The molecule has 5 heteroatoms. The van der Waals surface area contributed by atoms with Crippen molar-refractivity contribution in [2.75, 3.05) is 5.32 Å². The van der Waals surface area contributed by atoms with E-state index in [-0.39, 0.29) is 0 Å². The van der Waals surface area contributed by atoms with Crippen LogP contribution in [0.3, 0.4) is 0 Å². The molecule has 0 bridgehead atoms. The van der Waals surface area contributed by atoms with Crippen LogP contribution in [0.5, 0.6) is 0 Å². The third kappa shape index (κ3) is 2.56. The molecular formula is C15H12N4S. The molecule has 2 aromatic heterocycles. The van der Waals surface area contributed by atoms with Crippen LogP contribution in [0.1, 0.15) is 11.1 Å². The van der Waals surface area contributed by atoms with Gasteiger partial charge in [0.15, 0.2) is 0 Å². The number of benzene rings is 1. The van der Waals surface area contributed by atoms with Crippen LogP contribution >= 0.6 is 11.3 Å². The second-order valence-electron chi connectivity index (χ2n) is 4.29. The molecule has 0 aliphatic heterocycles. The average molecular weight is 280 g/mol. The Kier molecular flexibility index (Phi) is 3.48. The summed E-state index contributed by atoms with van der Waals surface area (Å²) in [6.45, 7) is 0.665. The van der Waals surface area contributed by atoms with Gasteiger partial charge in [0, 0.05) is 17.8 Å². The second kappa shape index (κ2) is 5.59. The quantitative estimate of drug-likeness (QED) is 0.767. The lowest BCUT2D eigenvalue weighted by molar-refractivity contribution is 1.10. The molecule has 3 rings (SSSR count). The van der Waals surface area contributed by atoms with Gasteiger partial charge in [-0.15, -0.1) is 11.3 Å². The molecule has 0 spiro atoms. The zero-order chi connectivity index (χ0) is 13.8. The normalized spacial score (nSPS) is 10.2. The van der Waals surface area contributed by atoms with E-state index in [1.165, 1.54) is 4.88 Å². The minimum Gasteiger partial charge on any atom is -0.381 e. The number of nitrogens with one attached hydrogen (secondary N) is 2. The van der Waals surface area contributed by atoms with Crippen LogP contribution in [0.25, 0.3) is 10.6 Å². The maximum absolute atomic E-state index is 8.89. The Morgan fingerprint density at radius 1 is 1.30 bits per heavy atom. The first-order valence-electron chi connectivity index (χ1n) is 6.17. The highest BCUT2D eigenvalue weighted by atomic mass is 32.1. The summed E-state index contributed by atoms with van der Waals surface area (Å²) in [5.41, 5.74) is 3.74. The predicted octanol–water partition coefficient (Wildman–Crippen LogP) is 3.62. The van der Waals surface area contributed by atoms with Gasteiger partial charge >= 0.3 is 0 Å². The van der Waals surface area contributed by atoms with Crippen LogP contribution in [-0.4, -0.2) is 10.2 Å². The molecule has 4 nitrogen and oxygen atoms in total. The number of aromatic nitrogens is 2. The molecule has 0 aliphatic rings. The zero-order valence-corrected chi connectivity index (χ0v) is 11.4. The molecule has 0 atom stereocenters. The maximum atomic E-state index is 8.89. The fourth-order valence-corrected chi connectivity index (χ4v) is 2.73. The van der Waals surface area contributed by atoms with E-state index in [2.05, 4.69) is 27.6 Å². The Morgan fingerprint density at radius 3 is 3.05 bits per heavy atom. The molecule has 0 radical (unpaired) electrons. The van der Waals surface area contributed by atoms with Gasteiger partial charge in [0.2, 0.25) is 0 Å². The SMILES string of the molecule is N#Cc1cccc(NCc2cn[nH]c2-c2cccs2)c1. The van der Waals surface area contributed by atoms with Gasteiger partial charge < -0.3 is 5.32 Å². The average Bonchev–Trinajstić information content (AvgIpc) is 3.16. The summed E-state index contributed by atoms with van der Waals surface area (Å²) < 4.78 is 0. The zero-order valence-electron chi connectivity index (χ0n) is 10.6. The van der Waals surface area contributed by atoms with E-state index in [1.807, 2.05) is 35.8 Å². The number of anilines is 1. The van der Waals surface area contributed by atoms with Crippen molar-refractivity contribution in [2.45, 2.75) is 6.54 Å². The summed E-state index contributed by atoms with van der Waals surface area (Å²) >= 11 is 1.68. The lowest BCUT2D eigenvalue weighted by Gasteiger charge is -2.06. The van der Waals surface area contributed by atoms with E-state index in [0.717, 1.165) is 16.9 Å². The Bertz CT molecular complexity index is 737. The first kappa shape index (κ1) is 12.5. The summed E-state index contributed by atoms with van der Waals surface area (Å²) in [5.74, 6) is 0. The van der Waals surface area contributed by atoms with Crippen molar-refractivity contribution in [2.24, 2.45) is 0 Å². The molecule has 98 valence electrons. The van der Waals surface area contributed by atoms with Crippen molar-refractivity contribution >= 4 is 17.0 Å². The van der Waals surface area contributed by atoms with Crippen molar-refractivity contribution < 1.29 is 0 Å². The van der Waals surface area contributed by atoms with Crippen LogP contribution in [0.15, 0.2) is 48.0 Å². The number of H-pyrrole nitrogens is 1. The lowest BCUT2D eigenvalue weighted by Crippen LogP contribution is -1.99. The molecule has 3 aromatic rings. The number of nitriles is 1. The fraction of sp³-hybridized carbons (Fsp3) is 0.0667. The standard InChI is InChI=1S/C15H12N4S/c16-8-11-3-1-4-13(7-11)17-9-12-10-18-19-15(12)14-5-2-6-20-14/h1-7,10,17H,9H2,(H,18,19). The van der Waals surface area contributed by atoms with Crippen LogP contribution < -0.4 is 5.32 Å². The molecule has 0 saturated heterocycles. The van der Waals surface area contributed by atoms with E-state index < -0.39 is 0 Å². The van der Waals surface area contributed by atoms with Gasteiger partial charge in [0.05, 0.1) is 28.4 Å². The molecule has 0 unspecified atom stereocenters. The molecule has 1 aromatic carbocycles.